The molecule has 0 aromatic heterocycles. The van der Waals surface area contributed by atoms with Crippen molar-refractivity contribution in [1.82, 2.24) is 0 Å². The number of aliphatic hydroxyl groups excluding tert-OH is 2. The van der Waals surface area contributed by atoms with Crippen LogP contribution in [-0.4, -0.2) is 64.1 Å². The first kappa shape index (κ1) is 21.6. The molecule has 1 aliphatic rings. The van der Waals surface area contributed by atoms with Crippen LogP contribution in [-0.2, 0) is 23.8 Å². The van der Waals surface area contributed by atoms with Crippen molar-refractivity contribution in [3.8, 4) is 0 Å². The van der Waals surface area contributed by atoms with E-state index in [9.17, 15) is 19.8 Å². The summed E-state index contributed by atoms with van der Waals surface area (Å²) in [6, 6.07) is 0. The lowest BCUT2D eigenvalue weighted by Crippen LogP contribution is -2.54. The fraction of sp³-hybridized carbons (Fsp3) is 0.765. The van der Waals surface area contributed by atoms with Crippen molar-refractivity contribution in [2.24, 2.45) is 5.92 Å². The third kappa shape index (κ3) is 6.39. The lowest BCUT2D eigenvalue weighted by atomic mass is 9.91. The number of carboxylic acids is 1. The molecule has 0 bridgehead atoms. The van der Waals surface area contributed by atoms with Crippen LogP contribution in [0.2, 0.25) is 0 Å². The fourth-order valence-corrected chi connectivity index (χ4v) is 2.62. The number of ether oxygens (including phenoxy) is 3. The molecule has 0 aliphatic carbocycles. The van der Waals surface area contributed by atoms with E-state index < -0.39 is 48.7 Å². The minimum Gasteiger partial charge on any atom is -0.481 e. The molecule has 25 heavy (non-hydrogen) atoms. The van der Waals surface area contributed by atoms with E-state index in [1.165, 1.54) is 6.08 Å². The Labute approximate surface area is 147 Å². The van der Waals surface area contributed by atoms with E-state index in [1.807, 2.05) is 0 Å². The van der Waals surface area contributed by atoms with Crippen LogP contribution in [0.15, 0.2) is 12.7 Å². The van der Waals surface area contributed by atoms with Gasteiger partial charge in [0.2, 0.25) is 0 Å². The minimum atomic E-state index is -1.25. The Morgan fingerprint density at radius 2 is 1.92 bits per heavy atom. The van der Waals surface area contributed by atoms with E-state index in [-0.39, 0.29) is 18.8 Å². The Morgan fingerprint density at radius 3 is 2.44 bits per heavy atom. The van der Waals surface area contributed by atoms with E-state index in [0.29, 0.717) is 6.42 Å². The van der Waals surface area contributed by atoms with E-state index in [2.05, 4.69) is 6.58 Å². The van der Waals surface area contributed by atoms with Crippen molar-refractivity contribution < 1.29 is 39.1 Å². The summed E-state index contributed by atoms with van der Waals surface area (Å²) < 4.78 is 16.2. The molecule has 0 aromatic rings. The number of aliphatic hydroxyl groups is 2. The summed E-state index contributed by atoms with van der Waals surface area (Å²) in [4.78, 5) is 22.6. The average molecular weight is 360 g/mol. The molecule has 3 N–H and O–H groups in total. The predicted octanol–water partition coefficient (Wildman–Crippen LogP) is 0.847. The van der Waals surface area contributed by atoms with Gasteiger partial charge >= 0.3 is 11.9 Å². The van der Waals surface area contributed by atoms with E-state index in [0.717, 1.165) is 0 Å². The number of carbonyl (C=O) groups excluding carboxylic acids is 1. The van der Waals surface area contributed by atoms with Gasteiger partial charge < -0.3 is 29.5 Å². The number of esters is 1. The molecule has 1 rings (SSSR count). The van der Waals surface area contributed by atoms with Crippen molar-refractivity contribution >= 4 is 11.9 Å². The molecule has 0 amide bonds. The van der Waals surface area contributed by atoms with Gasteiger partial charge in [-0.05, 0) is 13.3 Å². The van der Waals surface area contributed by atoms with Crippen LogP contribution in [0, 0.1) is 5.92 Å². The Morgan fingerprint density at radius 1 is 1.28 bits per heavy atom. The number of aliphatic carboxylic acids is 1. The Kier molecular flexibility index (Phi) is 8.51. The lowest BCUT2D eigenvalue weighted by Gasteiger charge is -2.41. The molecular formula is C17H28O8. The monoisotopic (exact) mass is 360 g/mol. The van der Waals surface area contributed by atoms with Gasteiger partial charge in [-0.2, -0.15) is 0 Å². The second-order valence-electron chi connectivity index (χ2n) is 6.31. The molecule has 0 spiro atoms. The van der Waals surface area contributed by atoms with Gasteiger partial charge in [-0.1, -0.05) is 19.9 Å². The van der Waals surface area contributed by atoms with Crippen molar-refractivity contribution in [1.29, 1.82) is 0 Å². The number of hydrogen-bond donors (Lipinski definition) is 3. The summed E-state index contributed by atoms with van der Waals surface area (Å²) in [6.45, 7) is 8.68. The smallest absolute Gasteiger partial charge is 0.308 e. The van der Waals surface area contributed by atoms with Crippen molar-refractivity contribution in [2.45, 2.75) is 76.8 Å². The van der Waals surface area contributed by atoms with Crippen molar-refractivity contribution in [3.63, 3.8) is 0 Å². The number of rotatable bonds is 9. The Hall–Kier alpha value is -1.48. The average Bonchev–Trinajstić information content (AvgIpc) is 2.54. The molecule has 0 saturated carbocycles. The van der Waals surface area contributed by atoms with Gasteiger partial charge in [0, 0.05) is 5.92 Å². The third-order valence-corrected chi connectivity index (χ3v) is 4.19. The van der Waals surface area contributed by atoms with Crippen LogP contribution in [0.5, 0.6) is 0 Å². The summed E-state index contributed by atoms with van der Waals surface area (Å²) >= 11 is 0. The molecule has 7 atom stereocenters. The maximum absolute atomic E-state index is 11.9. The van der Waals surface area contributed by atoms with Crippen LogP contribution in [0.25, 0.3) is 0 Å². The fourth-order valence-electron chi connectivity index (χ4n) is 2.62. The zero-order chi connectivity index (χ0) is 19.1. The zero-order valence-electron chi connectivity index (χ0n) is 14.8. The van der Waals surface area contributed by atoms with Gasteiger partial charge in [0.15, 0.2) is 6.29 Å². The lowest BCUT2D eigenvalue weighted by molar-refractivity contribution is -0.285. The summed E-state index contributed by atoms with van der Waals surface area (Å²) in [5.74, 6) is -1.98. The van der Waals surface area contributed by atoms with E-state index >= 15 is 0 Å². The highest BCUT2D eigenvalue weighted by Gasteiger charge is 2.42. The highest BCUT2D eigenvalue weighted by atomic mass is 16.7. The van der Waals surface area contributed by atoms with E-state index in [4.69, 9.17) is 19.3 Å². The first-order valence-electron chi connectivity index (χ1n) is 8.40. The quantitative estimate of drug-likeness (QED) is 0.408. The summed E-state index contributed by atoms with van der Waals surface area (Å²) in [6.07, 6.45) is -3.70. The summed E-state index contributed by atoms with van der Waals surface area (Å²) in [5.41, 5.74) is 0. The van der Waals surface area contributed by atoms with E-state index in [1.54, 1.807) is 20.8 Å². The molecule has 1 fully saturated rings. The molecule has 0 radical (unpaired) electrons. The normalized spacial score (nSPS) is 31.8. The second-order valence-corrected chi connectivity index (χ2v) is 6.31. The molecule has 8 heteroatoms. The SMILES string of the molecule is C=CC1OC(OC(C)CC(=O)OC(CC)CC(=O)O)C(O)C(O)C1C. The molecule has 144 valence electrons. The summed E-state index contributed by atoms with van der Waals surface area (Å²) in [7, 11) is 0. The molecular weight excluding hydrogens is 332 g/mol. The second kappa shape index (κ2) is 9.86. The van der Waals surface area contributed by atoms with Crippen LogP contribution < -0.4 is 0 Å². The first-order chi connectivity index (χ1) is 11.7. The van der Waals surface area contributed by atoms with Gasteiger partial charge in [-0.3, -0.25) is 9.59 Å². The van der Waals surface area contributed by atoms with Gasteiger partial charge in [-0.15, -0.1) is 6.58 Å². The predicted molar refractivity (Wildman–Crippen MR) is 87.6 cm³/mol. The zero-order valence-corrected chi connectivity index (χ0v) is 14.8. The molecule has 1 saturated heterocycles. The molecule has 1 heterocycles. The largest absolute Gasteiger partial charge is 0.481 e. The third-order valence-electron chi connectivity index (χ3n) is 4.19. The molecule has 0 aromatic carbocycles. The number of carbonyl (C=O) groups is 2. The Bertz CT molecular complexity index is 466. The minimum absolute atomic E-state index is 0.132. The van der Waals surface area contributed by atoms with Crippen LogP contribution in [0.4, 0.5) is 0 Å². The van der Waals surface area contributed by atoms with Gasteiger partial charge in [0.05, 0.1) is 31.2 Å². The number of hydrogen-bond acceptors (Lipinski definition) is 7. The van der Waals surface area contributed by atoms with Crippen molar-refractivity contribution in [3.05, 3.63) is 12.7 Å². The van der Waals surface area contributed by atoms with Crippen LogP contribution in [0.3, 0.4) is 0 Å². The molecule has 8 nitrogen and oxygen atoms in total. The van der Waals surface area contributed by atoms with Crippen LogP contribution >= 0.6 is 0 Å². The number of carboxylic acid groups (broad SMARTS) is 1. The van der Waals surface area contributed by atoms with Gasteiger partial charge in [0.1, 0.15) is 12.2 Å². The summed E-state index contributed by atoms with van der Waals surface area (Å²) in [5, 5.41) is 28.9. The van der Waals surface area contributed by atoms with Crippen LogP contribution in [0.1, 0.15) is 40.0 Å². The first-order valence-corrected chi connectivity index (χ1v) is 8.40. The molecule has 7 unspecified atom stereocenters. The molecule has 1 aliphatic heterocycles. The Balaban J connectivity index is 2.54. The highest BCUT2D eigenvalue weighted by molar-refractivity contribution is 5.71. The van der Waals surface area contributed by atoms with Gasteiger partial charge in [-0.25, -0.2) is 0 Å². The van der Waals surface area contributed by atoms with Crippen molar-refractivity contribution in [2.75, 3.05) is 0 Å². The topological polar surface area (TPSA) is 123 Å². The van der Waals surface area contributed by atoms with Gasteiger partial charge in [0.25, 0.3) is 0 Å². The highest BCUT2D eigenvalue weighted by Crippen LogP contribution is 2.28. The maximum atomic E-state index is 11.9. The maximum Gasteiger partial charge on any atom is 0.308 e. The standard InChI is InChI=1S/C17H28O8/c1-5-11(8-13(18)19)24-14(20)7-9(3)23-17-16(22)15(21)10(4)12(6-2)25-17/h6,9-12,15-17,21-22H,2,5,7-8H2,1,3-4H3,(H,18,19).